The molecule has 92 valence electrons. The van der Waals surface area contributed by atoms with E-state index in [1.54, 1.807) is 6.92 Å². The van der Waals surface area contributed by atoms with Gasteiger partial charge in [0.05, 0.1) is 12.2 Å². The normalized spacial score (nSPS) is 17.1. The highest BCUT2D eigenvalue weighted by Gasteiger charge is 2.21. The molecule has 0 spiro atoms. The Labute approximate surface area is 96.3 Å². The SMILES string of the molecule is Cc1cc(C(C)NCC(C)(O)CO)c(C)o1. The summed E-state index contributed by atoms with van der Waals surface area (Å²) in [6, 6.07) is 2.08. The second kappa shape index (κ2) is 4.99. The van der Waals surface area contributed by atoms with E-state index in [0.717, 1.165) is 17.1 Å². The standard InChI is InChI=1S/C12H21NO3/c1-8-5-11(10(3)16-8)9(2)13-6-12(4,15)7-14/h5,9,13-15H,6-7H2,1-4H3. The van der Waals surface area contributed by atoms with Gasteiger partial charge in [0.25, 0.3) is 0 Å². The van der Waals surface area contributed by atoms with E-state index in [-0.39, 0.29) is 12.6 Å². The smallest absolute Gasteiger partial charge is 0.105 e. The highest BCUT2D eigenvalue weighted by molar-refractivity contribution is 5.23. The summed E-state index contributed by atoms with van der Waals surface area (Å²) < 4.78 is 5.44. The minimum atomic E-state index is -1.08. The van der Waals surface area contributed by atoms with Crippen LogP contribution in [-0.4, -0.2) is 29.0 Å². The van der Waals surface area contributed by atoms with E-state index in [1.165, 1.54) is 0 Å². The summed E-state index contributed by atoms with van der Waals surface area (Å²) in [5, 5.41) is 21.8. The summed E-state index contributed by atoms with van der Waals surface area (Å²) in [7, 11) is 0. The first kappa shape index (κ1) is 13.2. The number of aliphatic hydroxyl groups excluding tert-OH is 1. The van der Waals surface area contributed by atoms with Gasteiger partial charge in [-0.2, -0.15) is 0 Å². The van der Waals surface area contributed by atoms with Gasteiger partial charge >= 0.3 is 0 Å². The largest absolute Gasteiger partial charge is 0.466 e. The molecule has 3 N–H and O–H groups in total. The second-order valence-corrected chi connectivity index (χ2v) is 4.63. The zero-order chi connectivity index (χ0) is 12.3. The van der Waals surface area contributed by atoms with Crippen molar-refractivity contribution in [2.75, 3.05) is 13.2 Å². The molecule has 1 heterocycles. The molecule has 0 aromatic carbocycles. The predicted molar refractivity (Wildman–Crippen MR) is 62.3 cm³/mol. The predicted octanol–water partition coefficient (Wildman–Crippen LogP) is 1.29. The Morgan fingerprint density at radius 1 is 1.50 bits per heavy atom. The van der Waals surface area contributed by atoms with Crippen LogP contribution in [0.2, 0.25) is 0 Å². The summed E-state index contributed by atoms with van der Waals surface area (Å²) >= 11 is 0. The van der Waals surface area contributed by atoms with E-state index < -0.39 is 5.60 Å². The summed E-state index contributed by atoms with van der Waals surface area (Å²) in [4.78, 5) is 0. The Kier molecular flexibility index (Phi) is 4.13. The lowest BCUT2D eigenvalue weighted by molar-refractivity contribution is 0.00103. The van der Waals surface area contributed by atoms with Crippen molar-refractivity contribution in [2.45, 2.75) is 39.3 Å². The molecule has 1 aromatic rings. The Morgan fingerprint density at radius 2 is 2.12 bits per heavy atom. The van der Waals surface area contributed by atoms with Gasteiger partial charge in [-0.3, -0.25) is 0 Å². The van der Waals surface area contributed by atoms with Gasteiger partial charge in [0.2, 0.25) is 0 Å². The molecule has 1 rings (SSSR count). The average molecular weight is 227 g/mol. The van der Waals surface area contributed by atoms with Crippen molar-refractivity contribution in [3.63, 3.8) is 0 Å². The molecule has 0 saturated carbocycles. The minimum absolute atomic E-state index is 0.0930. The molecule has 0 fully saturated rings. The molecule has 0 saturated heterocycles. The van der Waals surface area contributed by atoms with Crippen LogP contribution >= 0.6 is 0 Å². The molecule has 4 heteroatoms. The van der Waals surface area contributed by atoms with Gasteiger partial charge < -0.3 is 19.9 Å². The molecule has 2 atom stereocenters. The first-order chi connectivity index (χ1) is 7.35. The fraction of sp³-hybridized carbons (Fsp3) is 0.667. The summed E-state index contributed by atoms with van der Waals surface area (Å²) in [5.74, 6) is 1.77. The van der Waals surface area contributed by atoms with Crippen LogP contribution in [0.25, 0.3) is 0 Å². The number of furan rings is 1. The third-order valence-electron chi connectivity index (χ3n) is 2.68. The van der Waals surface area contributed by atoms with Gasteiger partial charge in [-0.1, -0.05) is 0 Å². The molecule has 0 aliphatic rings. The molecular formula is C12H21NO3. The van der Waals surface area contributed by atoms with E-state index in [4.69, 9.17) is 9.52 Å². The maximum absolute atomic E-state index is 9.66. The third-order valence-corrected chi connectivity index (χ3v) is 2.68. The minimum Gasteiger partial charge on any atom is -0.466 e. The van der Waals surface area contributed by atoms with Crippen LogP contribution < -0.4 is 5.32 Å². The monoisotopic (exact) mass is 227 g/mol. The molecule has 0 amide bonds. The zero-order valence-corrected chi connectivity index (χ0v) is 10.4. The van der Waals surface area contributed by atoms with Crippen molar-refractivity contribution in [1.29, 1.82) is 0 Å². The van der Waals surface area contributed by atoms with Crippen molar-refractivity contribution in [2.24, 2.45) is 0 Å². The molecule has 2 unspecified atom stereocenters. The van der Waals surface area contributed by atoms with Gasteiger partial charge in [-0.05, 0) is 33.8 Å². The van der Waals surface area contributed by atoms with E-state index in [0.29, 0.717) is 6.54 Å². The number of rotatable bonds is 5. The second-order valence-electron chi connectivity index (χ2n) is 4.63. The molecule has 1 aromatic heterocycles. The maximum Gasteiger partial charge on any atom is 0.105 e. The lowest BCUT2D eigenvalue weighted by atomic mass is 10.1. The Bertz CT molecular complexity index is 344. The van der Waals surface area contributed by atoms with E-state index in [1.807, 2.05) is 26.8 Å². The fourth-order valence-corrected chi connectivity index (χ4v) is 1.62. The third kappa shape index (κ3) is 3.33. The van der Waals surface area contributed by atoms with Gasteiger partial charge in [0.15, 0.2) is 0 Å². The highest BCUT2D eigenvalue weighted by Crippen LogP contribution is 2.21. The Hall–Kier alpha value is -0.840. The number of hydrogen-bond donors (Lipinski definition) is 3. The fourth-order valence-electron chi connectivity index (χ4n) is 1.62. The maximum atomic E-state index is 9.66. The van der Waals surface area contributed by atoms with Crippen molar-refractivity contribution >= 4 is 0 Å². The van der Waals surface area contributed by atoms with Crippen molar-refractivity contribution in [1.82, 2.24) is 5.32 Å². The quantitative estimate of drug-likeness (QED) is 0.709. The van der Waals surface area contributed by atoms with Crippen LogP contribution in [0.5, 0.6) is 0 Å². The molecule has 0 bridgehead atoms. The van der Waals surface area contributed by atoms with Crippen LogP contribution in [0.15, 0.2) is 10.5 Å². The van der Waals surface area contributed by atoms with Gasteiger partial charge in [0.1, 0.15) is 11.5 Å². The number of nitrogens with one attached hydrogen (secondary N) is 1. The lowest BCUT2D eigenvalue weighted by Gasteiger charge is -2.23. The van der Waals surface area contributed by atoms with Crippen LogP contribution in [0, 0.1) is 13.8 Å². The van der Waals surface area contributed by atoms with Crippen LogP contribution in [0.3, 0.4) is 0 Å². The number of aliphatic hydroxyl groups is 2. The average Bonchev–Trinajstić information content (AvgIpc) is 2.54. The Morgan fingerprint density at radius 3 is 2.56 bits per heavy atom. The van der Waals surface area contributed by atoms with Crippen LogP contribution in [-0.2, 0) is 0 Å². The first-order valence-electron chi connectivity index (χ1n) is 5.49. The first-order valence-corrected chi connectivity index (χ1v) is 5.49. The van der Waals surface area contributed by atoms with Crippen LogP contribution in [0.1, 0.15) is 37.0 Å². The zero-order valence-electron chi connectivity index (χ0n) is 10.4. The summed E-state index contributed by atoms with van der Waals surface area (Å²) in [6.07, 6.45) is 0. The van der Waals surface area contributed by atoms with Gasteiger partial charge in [-0.25, -0.2) is 0 Å². The van der Waals surface area contributed by atoms with Gasteiger partial charge in [-0.15, -0.1) is 0 Å². The van der Waals surface area contributed by atoms with Gasteiger partial charge in [0, 0.05) is 18.2 Å². The Balaban J connectivity index is 2.59. The van der Waals surface area contributed by atoms with E-state index in [9.17, 15) is 5.11 Å². The van der Waals surface area contributed by atoms with Crippen molar-refractivity contribution in [3.8, 4) is 0 Å². The van der Waals surface area contributed by atoms with Crippen molar-refractivity contribution in [3.05, 3.63) is 23.2 Å². The summed E-state index contributed by atoms with van der Waals surface area (Å²) in [5.41, 5.74) is 0.00672. The topological polar surface area (TPSA) is 65.6 Å². The molecule has 16 heavy (non-hydrogen) atoms. The van der Waals surface area contributed by atoms with Crippen molar-refractivity contribution < 1.29 is 14.6 Å². The molecule has 0 radical (unpaired) electrons. The van der Waals surface area contributed by atoms with Crippen LogP contribution in [0.4, 0.5) is 0 Å². The van der Waals surface area contributed by atoms with E-state index in [2.05, 4.69) is 5.32 Å². The number of aryl methyl sites for hydroxylation is 2. The lowest BCUT2D eigenvalue weighted by Crippen LogP contribution is -2.41. The summed E-state index contributed by atoms with van der Waals surface area (Å²) in [6.45, 7) is 7.52. The van der Waals surface area contributed by atoms with E-state index >= 15 is 0 Å². The molecular weight excluding hydrogens is 206 g/mol. The molecule has 0 aliphatic heterocycles. The molecule has 0 aliphatic carbocycles. The molecule has 4 nitrogen and oxygen atoms in total. The highest BCUT2D eigenvalue weighted by atomic mass is 16.3. The number of hydrogen-bond acceptors (Lipinski definition) is 4.